The molecule has 2 saturated heterocycles. The molecular formula is C21H34N6O3. The fourth-order valence-corrected chi connectivity index (χ4v) is 3.84. The average molecular weight is 419 g/mol. The quantitative estimate of drug-likeness (QED) is 0.713. The first-order chi connectivity index (χ1) is 14.5. The van der Waals surface area contributed by atoms with Gasteiger partial charge in [-0.3, -0.25) is 9.69 Å². The van der Waals surface area contributed by atoms with Crippen molar-refractivity contribution in [1.29, 1.82) is 0 Å². The zero-order chi connectivity index (χ0) is 21.5. The second-order valence-corrected chi connectivity index (χ2v) is 8.38. The third kappa shape index (κ3) is 5.81. The molecule has 1 aromatic rings. The van der Waals surface area contributed by atoms with Gasteiger partial charge >= 0.3 is 6.09 Å². The molecule has 3 rings (SSSR count). The lowest BCUT2D eigenvalue weighted by atomic mass is 10.2. The highest BCUT2D eigenvalue weighted by molar-refractivity contribution is 5.81. The van der Waals surface area contributed by atoms with E-state index in [4.69, 9.17) is 4.74 Å². The van der Waals surface area contributed by atoms with Gasteiger partial charge in [0.05, 0.1) is 12.6 Å². The van der Waals surface area contributed by atoms with Gasteiger partial charge in [0.25, 0.3) is 0 Å². The maximum atomic E-state index is 13.1. The summed E-state index contributed by atoms with van der Waals surface area (Å²) in [7, 11) is 0. The summed E-state index contributed by atoms with van der Waals surface area (Å²) in [5.74, 6) is 1.19. The van der Waals surface area contributed by atoms with Crippen molar-refractivity contribution >= 4 is 17.9 Å². The van der Waals surface area contributed by atoms with Crippen LogP contribution < -0.4 is 4.90 Å². The Kier molecular flexibility index (Phi) is 7.84. The van der Waals surface area contributed by atoms with Crippen LogP contribution in [0.5, 0.6) is 0 Å². The lowest BCUT2D eigenvalue weighted by Crippen LogP contribution is -2.55. The number of ether oxygens (including phenoxy) is 1. The van der Waals surface area contributed by atoms with Gasteiger partial charge in [0, 0.05) is 64.8 Å². The summed E-state index contributed by atoms with van der Waals surface area (Å²) in [4.78, 5) is 41.9. The van der Waals surface area contributed by atoms with Crippen molar-refractivity contribution < 1.29 is 14.3 Å². The molecule has 166 valence electrons. The van der Waals surface area contributed by atoms with E-state index < -0.39 is 0 Å². The summed E-state index contributed by atoms with van der Waals surface area (Å²) >= 11 is 0. The fourth-order valence-electron chi connectivity index (χ4n) is 3.84. The zero-order valence-electron chi connectivity index (χ0n) is 18.4. The second kappa shape index (κ2) is 10.6. The minimum Gasteiger partial charge on any atom is -0.449 e. The van der Waals surface area contributed by atoms with E-state index in [1.165, 1.54) is 0 Å². The molecule has 1 unspecified atom stereocenters. The van der Waals surface area contributed by atoms with Gasteiger partial charge in [-0.05, 0) is 25.3 Å². The maximum absolute atomic E-state index is 13.1. The van der Waals surface area contributed by atoms with Crippen molar-refractivity contribution in [1.82, 2.24) is 24.7 Å². The first-order valence-electron chi connectivity index (χ1n) is 10.9. The highest BCUT2D eigenvalue weighted by Gasteiger charge is 2.31. The standard InChI is InChI=1S/C21H34N6O3/c1-17(2)16-30-21(29)27-9-5-8-24(10-15-27)18(3)19(28)25-11-13-26(14-12-25)20-22-6-4-7-23-20/h4,6-7,17-18H,5,8-16H2,1-3H3. The van der Waals surface area contributed by atoms with Gasteiger partial charge in [0.2, 0.25) is 11.9 Å². The molecule has 0 radical (unpaired) electrons. The highest BCUT2D eigenvalue weighted by Crippen LogP contribution is 2.14. The molecule has 2 fully saturated rings. The van der Waals surface area contributed by atoms with Gasteiger partial charge in [0.15, 0.2) is 0 Å². The number of carbonyl (C=O) groups is 2. The summed E-state index contributed by atoms with van der Waals surface area (Å²) in [5.41, 5.74) is 0. The maximum Gasteiger partial charge on any atom is 0.409 e. The number of hydrogen-bond donors (Lipinski definition) is 0. The van der Waals surface area contributed by atoms with Gasteiger partial charge in [-0.2, -0.15) is 0 Å². The Morgan fingerprint density at radius 1 is 0.933 bits per heavy atom. The number of hydrogen-bond acceptors (Lipinski definition) is 7. The van der Waals surface area contributed by atoms with Crippen molar-refractivity contribution in [2.75, 3.05) is 63.9 Å². The molecule has 1 aromatic heterocycles. The smallest absolute Gasteiger partial charge is 0.409 e. The summed E-state index contributed by atoms with van der Waals surface area (Å²) in [6, 6.07) is 1.60. The molecule has 9 nitrogen and oxygen atoms in total. The summed E-state index contributed by atoms with van der Waals surface area (Å²) in [6.07, 6.45) is 4.07. The molecule has 2 aliphatic heterocycles. The lowest BCUT2D eigenvalue weighted by Gasteiger charge is -2.38. The van der Waals surface area contributed by atoms with Crippen LogP contribution in [-0.4, -0.2) is 102 Å². The monoisotopic (exact) mass is 418 g/mol. The molecule has 0 N–H and O–H groups in total. The van der Waals surface area contributed by atoms with E-state index in [0.29, 0.717) is 45.2 Å². The molecule has 1 atom stereocenters. The van der Waals surface area contributed by atoms with Crippen molar-refractivity contribution in [2.45, 2.75) is 33.2 Å². The van der Waals surface area contributed by atoms with Crippen LogP contribution in [0.1, 0.15) is 27.2 Å². The number of piperazine rings is 1. The molecule has 0 aromatic carbocycles. The van der Waals surface area contributed by atoms with Crippen molar-refractivity contribution in [3.8, 4) is 0 Å². The average Bonchev–Trinajstić information content (AvgIpc) is 3.03. The van der Waals surface area contributed by atoms with Gasteiger partial charge in [-0.1, -0.05) is 13.8 Å². The Balaban J connectivity index is 1.47. The number of amides is 2. The van der Waals surface area contributed by atoms with Crippen molar-refractivity contribution in [3.05, 3.63) is 18.5 Å². The molecule has 3 heterocycles. The van der Waals surface area contributed by atoms with Crippen LogP contribution in [0.25, 0.3) is 0 Å². The van der Waals surface area contributed by atoms with Crippen LogP contribution in [0, 0.1) is 5.92 Å². The molecular weight excluding hydrogens is 384 g/mol. The zero-order valence-corrected chi connectivity index (χ0v) is 18.4. The molecule has 0 bridgehead atoms. The Hall–Kier alpha value is -2.42. The van der Waals surface area contributed by atoms with Crippen LogP contribution in [0.2, 0.25) is 0 Å². The minimum absolute atomic E-state index is 0.152. The predicted molar refractivity (Wildman–Crippen MR) is 114 cm³/mol. The normalized spacial score (nSPS) is 19.5. The van der Waals surface area contributed by atoms with E-state index in [2.05, 4.69) is 19.8 Å². The van der Waals surface area contributed by atoms with E-state index in [0.717, 1.165) is 32.0 Å². The Morgan fingerprint density at radius 3 is 2.27 bits per heavy atom. The van der Waals surface area contributed by atoms with Crippen molar-refractivity contribution in [2.24, 2.45) is 5.92 Å². The van der Waals surface area contributed by atoms with Gasteiger partial charge < -0.3 is 19.4 Å². The number of rotatable bonds is 5. The molecule has 2 aliphatic rings. The highest BCUT2D eigenvalue weighted by atomic mass is 16.6. The largest absolute Gasteiger partial charge is 0.449 e. The molecule has 30 heavy (non-hydrogen) atoms. The van der Waals surface area contributed by atoms with Gasteiger partial charge in [-0.15, -0.1) is 0 Å². The van der Waals surface area contributed by atoms with Crippen LogP contribution in [0.15, 0.2) is 18.5 Å². The molecule has 0 spiro atoms. The van der Waals surface area contributed by atoms with E-state index in [1.54, 1.807) is 23.4 Å². The Bertz CT molecular complexity index is 693. The number of carbonyl (C=O) groups excluding carboxylic acids is 2. The lowest BCUT2D eigenvalue weighted by molar-refractivity contribution is -0.136. The fraction of sp³-hybridized carbons (Fsp3) is 0.714. The third-order valence-corrected chi connectivity index (χ3v) is 5.66. The summed E-state index contributed by atoms with van der Waals surface area (Å²) in [6.45, 7) is 12.0. The van der Waals surface area contributed by atoms with E-state index in [-0.39, 0.29) is 18.0 Å². The van der Waals surface area contributed by atoms with Gasteiger partial charge in [0.1, 0.15) is 0 Å². The number of aromatic nitrogens is 2. The van der Waals surface area contributed by atoms with E-state index in [9.17, 15) is 9.59 Å². The van der Waals surface area contributed by atoms with E-state index >= 15 is 0 Å². The second-order valence-electron chi connectivity index (χ2n) is 8.38. The molecule has 9 heteroatoms. The first kappa shape index (κ1) is 22.3. The predicted octanol–water partition coefficient (Wildman–Crippen LogP) is 1.31. The number of anilines is 1. The first-order valence-corrected chi connectivity index (χ1v) is 10.9. The van der Waals surface area contributed by atoms with Crippen LogP contribution in [0.4, 0.5) is 10.7 Å². The molecule has 0 saturated carbocycles. The molecule has 0 aliphatic carbocycles. The topological polar surface area (TPSA) is 82.1 Å². The Morgan fingerprint density at radius 2 is 1.60 bits per heavy atom. The van der Waals surface area contributed by atoms with E-state index in [1.807, 2.05) is 25.7 Å². The third-order valence-electron chi connectivity index (χ3n) is 5.66. The SMILES string of the molecule is CC(C)COC(=O)N1CCCN(C(C)C(=O)N2CCN(c3ncccn3)CC2)CC1. The summed E-state index contributed by atoms with van der Waals surface area (Å²) < 4.78 is 5.36. The minimum atomic E-state index is -0.246. The summed E-state index contributed by atoms with van der Waals surface area (Å²) in [5, 5.41) is 0. The number of nitrogens with zero attached hydrogens (tertiary/aromatic N) is 6. The van der Waals surface area contributed by atoms with Crippen LogP contribution in [-0.2, 0) is 9.53 Å². The Labute approximate surface area is 179 Å². The van der Waals surface area contributed by atoms with Crippen molar-refractivity contribution in [3.63, 3.8) is 0 Å². The molecule has 2 amide bonds. The van der Waals surface area contributed by atoms with Gasteiger partial charge in [-0.25, -0.2) is 14.8 Å². The van der Waals surface area contributed by atoms with Crippen LogP contribution in [0.3, 0.4) is 0 Å². The van der Waals surface area contributed by atoms with Crippen LogP contribution >= 0.6 is 0 Å².